The minimum atomic E-state index is -1.47. The molecule has 5 N–H and O–H groups in total. The van der Waals surface area contributed by atoms with Gasteiger partial charge in [0.25, 0.3) is 5.56 Å². The van der Waals surface area contributed by atoms with Crippen molar-refractivity contribution in [2.24, 2.45) is 5.73 Å². The Bertz CT molecular complexity index is 1090. The first-order valence-corrected chi connectivity index (χ1v) is 10.4. The van der Waals surface area contributed by atoms with Gasteiger partial charge in [0.1, 0.15) is 17.8 Å². The number of ether oxygens (including phenoxy) is 1. The molecule has 1 fully saturated rings. The van der Waals surface area contributed by atoms with Gasteiger partial charge in [-0.2, -0.15) is 0 Å². The van der Waals surface area contributed by atoms with Crippen LogP contribution in [0.2, 0.25) is 0 Å². The molecule has 1 aromatic carbocycles. The lowest BCUT2D eigenvalue weighted by atomic mass is 9.97. The zero-order valence-electron chi connectivity index (χ0n) is 19.0. The van der Waals surface area contributed by atoms with Gasteiger partial charge in [-0.15, -0.1) is 0 Å². The molecule has 0 bridgehead atoms. The Morgan fingerprint density at radius 2 is 2.06 bits per heavy atom. The summed E-state index contributed by atoms with van der Waals surface area (Å²) in [6, 6.07) is 5.37. The lowest BCUT2D eigenvalue weighted by Crippen LogP contribution is -2.60. The second-order valence-electron chi connectivity index (χ2n) is 8.15. The Morgan fingerprint density at radius 3 is 2.64 bits per heavy atom. The van der Waals surface area contributed by atoms with Crippen LogP contribution in [-0.2, 0) is 14.4 Å². The number of methoxy groups -OCH3 is 1. The van der Waals surface area contributed by atoms with Crippen molar-refractivity contribution >= 4 is 28.5 Å². The van der Waals surface area contributed by atoms with Crippen LogP contribution in [-0.4, -0.2) is 64.1 Å². The predicted molar refractivity (Wildman–Crippen MR) is 123 cm³/mol. The molecule has 1 saturated heterocycles. The molecule has 2 heterocycles. The lowest BCUT2D eigenvalue weighted by molar-refractivity contribution is -0.145. The van der Waals surface area contributed by atoms with Crippen LogP contribution in [0.5, 0.6) is 5.75 Å². The maximum absolute atomic E-state index is 12.5. The number of aromatic amines is 1. The van der Waals surface area contributed by atoms with Gasteiger partial charge in [-0.3, -0.25) is 19.2 Å². The van der Waals surface area contributed by atoms with E-state index in [4.69, 9.17) is 10.5 Å². The summed E-state index contributed by atoms with van der Waals surface area (Å²) in [5, 5.41) is 14.0. The SMILES string of the molecule is C=CC(=O)NC(C(=O)N1CCCC1C(N)=O)C(C)(C)O.COc1ccc2c(=O)[nH]ccc2c1. The minimum Gasteiger partial charge on any atom is -0.497 e. The summed E-state index contributed by atoms with van der Waals surface area (Å²) in [5.41, 5.74) is 3.72. The number of carbonyl (C=O) groups is 3. The van der Waals surface area contributed by atoms with Crippen LogP contribution in [0, 0.1) is 0 Å². The number of nitrogens with zero attached hydrogens (tertiary/aromatic N) is 1. The molecule has 3 amide bonds. The van der Waals surface area contributed by atoms with Crippen LogP contribution >= 0.6 is 0 Å². The molecule has 178 valence electrons. The Balaban J connectivity index is 0.000000254. The van der Waals surface area contributed by atoms with Crippen molar-refractivity contribution < 1.29 is 24.2 Å². The summed E-state index contributed by atoms with van der Waals surface area (Å²) in [4.78, 5) is 50.4. The van der Waals surface area contributed by atoms with Crippen LogP contribution in [0.3, 0.4) is 0 Å². The van der Waals surface area contributed by atoms with E-state index in [9.17, 15) is 24.3 Å². The maximum atomic E-state index is 12.5. The third-order valence-electron chi connectivity index (χ3n) is 5.27. The number of nitrogens with one attached hydrogen (secondary N) is 2. The third kappa shape index (κ3) is 6.42. The van der Waals surface area contributed by atoms with E-state index in [1.165, 1.54) is 18.7 Å². The van der Waals surface area contributed by atoms with Crippen molar-refractivity contribution in [3.8, 4) is 5.75 Å². The molecule has 0 saturated carbocycles. The second kappa shape index (κ2) is 10.8. The zero-order chi connectivity index (χ0) is 24.8. The first kappa shape index (κ1) is 25.6. The van der Waals surface area contributed by atoms with Gasteiger partial charge in [-0.1, -0.05) is 6.58 Å². The number of aliphatic hydroxyl groups is 1. The summed E-state index contributed by atoms with van der Waals surface area (Å²) in [5.74, 6) is -0.909. The molecule has 2 unspecified atom stereocenters. The molecular weight excluding hydrogens is 428 g/mol. The zero-order valence-corrected chi connectivity index (χ0v) is 19.0. The van der Waals surface area contributed by atoms with Gasteiger partial charge in [-0.05, 0) is 62.4 Å². The molecule has 0 spiro atoms. The summed E-state index contributed by atoms with van der Waals surface area (Å²) < 4.78 is 5.05. The minimum absolute atomic E-state index is 0.0693. The van der Waals surface area contributed by atoms with Crippen LogP contribution in [0.1, 0.15) is 26.7 Å². The van der Waals surface area contributed by atoms with Crippen LogP contribution in [0.15, 0.2) is 47.9 Å². The third-order valence-corrected chi connectivity index (χ3v) is 5.27. The number of rotatable bonds is 6. The highest BCUT2D eigenvalue weighted by Crippen LogP contribution is 2.21. The molecule has 1 aromatic heterocycles. The monoisotopic (exact) mass is 458 g/mol. The van der Waals surface area contributed by atoms with E-state index in [0.29, 0.717) is 24.8 Å². The highest BCUT2D eigenvalue weighted by atomic mass is 16.5. The van der Waals surface area contributed by atoms with Gasteiger partial charge in [-0.25, -0.2) is 0 Å². The van der Waals surface area contributed by atoms with E-state index in [1.54, 1.807) is 25.4 Å². The van der Waals surface area contributed by atoms with Gasteiger partial charge in [0.2, 0.25) is 17.7 Å². The highest BCUT2D eigenvalue weighted by Gasteiger charge is 2.42. The fraction of sp³-hybridized carbons (Fsp3) is 0.391. The number of fused-ring (bicyclic) bond motifs is 1. The molecule has 3 rings (SSSR count). The normalized spacial score (nSPS) is 16.4. The Morgan fingerprint density at radius 1 is 1.36 bits per heavy atom. The van der Waals surface area contributed by atoms with Crippen LogP contribution < -0.4 is 21.3 Å². The van der Waals surface area contributed by atoms with E-state index in [2.05, 4.69) is 16.9 Å². The summed E-state index contributed by atoms with van der Waals surface area (Å²) in [7, 11) is 1.61. The van der Waals surface area contributed by atoms with Gasteiger partial charge in [0, 0.05) is 18.1 Å². The number of nitrogens with two attached hydrogens (primary N) is 1. The molecule has 10 heteroatoms. The van der Waals surface area contributed by atoms with Crippen molar-refractivity contribution in [2.75, 3.05) is 13.7 Å². The Kier molecular flexibility index (Phi) is 8.36. The van der Waals surface area contributed by atoms with E-state index in [0.717, 1.165) is 17.2 Å². The average Bonchev–Trinajstić information content (AvgIpc) is 3.27. The fourth-order valence-corrected chi connectivity index (χ4v) is 3.53. The molecule has 1 aliphatic rings. The number of benzene rings is 1. The van der Waals surface area contributed by atoms with Gasteiger partial charge in [0.15, 0.2) is 0 Å². The summed E-state index contributed by atoms with van der Waals surface area (Å²) in [6.45, 7) is 6.50. The summed E-state index contributed by atoms with van der Waals surface area (Å²) in [6.07, 6.45) is 3.80. The first-order valence-electron chi connectivity index (χ1n) is 10.4. The first-order chi connectivity index (χ1) is 15.5. The van der Waals surface area contributed by atoms with Gasteiger partial charge >= 0.3 is 0 Å². The van der Waals surface area contributed by atoms with Crippen LogP contribution in [0.4, 0.5) is 0 Å². The Labute approximate surface area is 191 Å². The van der Waals surface area contributed by atoms with Gasteiger partial charge < -0.3 is 30.8 Å². The number of hydrogen-bond acceptors (Lipinski definition) is 6. The molecular formula is C23H30N4O6. The van der Waals surface area contributed by atoms with E-state index in [1.807, 2.05) is 12.1 Å². The second-order valence-corrected chi connectivity index (χ2v) is 8.15. The van der Waals surface area contributed by atoms with Crippen molar-refractivity contribution in [2.45, 2.75) is 44.4 Å². The quantitative estimate of drug-likeness (QED) is 0.461. The molecule has 0 radical (unpaired) electrons. The van der Waals surface area contributed by atoms with Crippen molar-refractivity contribution in [1.29, 1.82) is 0 Å². The predicted octanol–water partition coefficient (Wildman–Crippen LogP) is 0.441. The molecule has 2 aromatic rings. The molecule has 0 aliphatic carbocycles. The number of aromatic nitrogens is 1. The topological polar surface area (TPSA) is 155 Å². The smallest absolute Gasteiger partial charge is 0.255 e. The largest absolute Gasteiger partial charge is 0.497 e. The van der Waals surface area contributed by atoms with E-state index in [-0.39, 0.29) is 5.56 Å². The van der Waals surface area contributed by atoms with Crippen molar-refractivity contribution in [1.82, 2.24) is 15.2 Å². The number of pyridine rings is 1. The lowest BCUT2D eigenvalue weighted by Gasteiger charge is -2.33. The standard InChI is InChI=1S/C13H21N3O4.C10H9NO2/c1-4-9(17)15-10(13(2,3)20)12(19)16-7-5-6-8(16)11(14)18;1-13-8-2-3-9-7(6-8)4-5-11-10(9)12/h4,8,10,20H,1,5-7H2,2-3H3,(H2,14,18)(H,15,17);2-6H,1H3,(H,11,12). The number of H-pyrrole nitrogens is 1. The number of amides is 3. The molecule has 33 heavy (non-hydrogen) atoms. The molecule has 1 aliphatic heterocycles. The Hall–Kier alpha value is -3.66. The maximum Gasteiger partial charge on any atom is 0.255 e. The summed E-state index contributed by atoms with van der Waals surface area (Å²) >= 11 is 0. The highest BCUT2D eigenvalue weighted by molar-refractivity contribution is 5.95. The van der Waals surface area contributed by atoms with Gasteiger partial charge in [0.05, 0.1) is 12.7 Å². The number of primary amides is 1. The fourth-order valence-electron chi connectivity index (χ4n) is 3.53. The molecule has 2 atom stereocenters. The number of carbonyl (C=O) groups excluding carboxylic acids is 3. The van der Waals surface area contributed by atoms with E-state index < -0.39 is 35.4 Å². The number of hydrogen-bond donors (Lipinski definition) is 4. The van der Waals surface area contributed by atoms with E-state index >= 15 is 0 Å². The van der Waals surface area contributed by atoms with Crippen molar-refractivity contribution in [3.05, 3.63) is 53.5 Å². The van der Waals surface area contributed by atoms with Crippen LogP contribution in [0.25, 0.3) is 10.8 Å². The number of likely N-dealkylation sites (tertiary alicyclic amines) is 1. The van der Waals surface area contributed by atoms with Crippen molar-refractivity contribution in [3.63, 3.8) is 0 Å². The molecule has 10 nitrogen and oxygen atoms in total. The average molecular weight is 459 g/mol.